The van der Waals surface area contributed by atoms with Gasteiger partial charge in [-0.3, -0.25) is 0 Å². The summed E-state index contributed by atoms with van der Waals surface area (Å²) in [5, 5.41) is 0.776. The van der Waals surface area contributed by atoms with E-state index in [1.54, 1.807) is 25.3 Å². The van der Waals surface area contributed by atoms with E-state index in [4.69, 9.17) is 14.5 Å². The van der Waals surface area contributed by atoms with Gasteiger partial charge in [-0.25, -0.2) is 9.78 Å². The van der Waals surface area contributed by atoms with Crippen molar-refractivity contribution in [1.82, 2.24) is 4.98 Å². The molecule has 4 heteroatoms. The van der Waals surface area contributed by atoms with Crippen LogP contribution in [0.4, 0.5) is 0 Å². The van der Waals surface area contributed by atoms with Gasteiger partial charge in [-0.2, -0.15) is 0 Å². The van der Waals surface area contributed by atoms with Gasteiger partial charge < -0.3 is 9.47 Å². The zero-order valence-corrected chi connectivity index (χ0v) is 15.7. The Hall–Kier alpha value is -3.66. The number of rotatable bonds is 4. The molecule has 0 fully saturated rings. The van der Waals surface area contributed by atoms with Crippen molar-refractivity contribution in [1.29, 1.82) is 0 Å². The SMILES string of the molecule is COc1ccc(-c2cc(C(=O)Oc3ccccc3)c3cc(C)ccc3n2)cc1. The van der Waals surface area contributed by atoms with Crippen LogP contribution in [0.5, 0.6) is 11.5 Å². The van der Waals surface area contributed by atoms with E-state index < -0.39 is 5.97 Å². The van der Waals surface area contributed by atoms with Crippen LogP contribution in [0.2, 0.25) is 0 Å². The standard InChI is InChI=1S/C24H19NO3/c1-16-8-13-22-20(14-16)21(24(26)28-19-6-4-3-5-7-19)15-23(25-22)17-9-11-18(27-2)12-10-17/h3-15H,1-2H3. The third-order valence-electron chi connectivity index (χ3n) is 4.52. The molecule has 0 N–H and O–H groups in total. The average Bonchev–Trinajstić information content (AvgIpc) is 2.73. The van der Waals surface area contributed by atoms with E-state index in [2.05, 4.69) is 0 Å². The quantitative estimate of drug-likeness (QED) is 0.355. The third-order valence-corrected chi connectivity index (χ3v) is 4.52. The van der Waals surface area contributed by atoms with Crippen LogP contribution in [-0.2, 0) is 0 Å². The second-order valence-corrected chi connectivity index (χ2v) is 6.51. The molecular weight excluding hydrogens is 350 g/mol. The number of carbonyl (C=O) groups is 1. The second kappa shape index (κ2) is 7.53. The van der Waals surface area contributed by atoms with Gasteiger partial charge in [0.15, 0.2) is 0 Å². The third kappa shape index (κ3) is 3.58. The smallest absolute Gasteiger partial charge is 0.344 e. The lowest BCUT2D eigenvalue weighted by Gasteiger charge is -2.11. The Morgan fingerprint density at radius 3 is 2.32 bits per heavy atom. The Balaban J connectivity index is 1.82. The maximum atomic E-state index is 13.0. The lowest BCUT2D eigenvalue weighted by Crippen LogP contribution is -2.10. The number of ether oxygens (including phenoxy) is 2. The lowest BCUT2D eigenvalue weighted by molar-refractivity contribution is 0.0737. The molecule has 3 aromatic carbocycles. The molecule has 0 bridgehead atoms. The van der Waals surface area contributed by atoms with Crippen molar-refractivity contribution in [2.45, 2.75) is 6.92 Å². The van der Waals surface area contributed by atoms with Crippen molar-refractivity contribution in [3.8, 4) is 22.8 Å². The van der Waals surface area contributed by atoms with E-state index in [0.717, 1.165) is 27.8 Å². The van der Waals surface area contributed by atoms with Crippen molar-refractivity contribution < 1.29 is 14.3 Å². The molecule has 0 aliphatic rings. The first-order chi connectivity index (χ1) is 13.6. The summed E-state index contributed by atoms with van der Waals surface area (Å²) in [4.78, 5) is 17.7. The molecule has 0 atom stereocenters. The number of nitrogens with zero attached hydrogens (tertiary/aromatic N) is 1. The first-order valence-electron chi connectivity index (χ1n) is 8.97. The number of hydrogen-bond acceptors (Lipinski definition) is 4. The fourth-order valence-electron chi connectivity index (χ4n) is 3.07. The highest BCUT2D eigenvalue weighted by Crippen LogP contribution is 2.28. The summed E-state index contributed by atoms with van der Waals surface area (Å²) >= 11 is 0. The Labute approximate surface area is 163 Å². The average molecular weight is 369 g/mol. The number of aryl methyl sites for hydroxylation is 1. The van der Waals surface area contributed by atoms with Crippen molar-refractivity contribution >= 4 is 16.9 Å². The summed E-state index contributed by atoms with van der Waals surface area (Å²) in [6, 6.07) is 24.3. The second-order valence-electron chi connectivity index (χ2n) is 6.51. The Morgan fingerprint density at radius 2 is 1.61 bits per heavy atom. The Morgan fingerprint density at radius 1 is 0.857 bits per heavy atom. The van der Waals surface area contributed by atoms with E-state index in [1.807, 2.05) is 67.6 Å². The highest BCUT2D eigenvalue weighted by atomic mass is 16.5. The number of esters is 1. The van der Waals surface area contributed by atoms with Crippen molar-refractivity contribution in [2.24, 2.45) is 0 Å². The van der Waals surface area contributed by atoms with E-state index in [1.165, 1.54) is 0 Å². The van der Waals surface area contributed by atoms with Crippen LogP contribution in [0.3, 0.4) is 0 Å². The highest BCUT2D eigenvalue weighted by Gasteiger charge is 2.16. The maximum Gasteiger partial charge on any atom is 0.344 e. The van der Waals surface area contributed by atoms with Crippen LogP contribution >= 0.6 is 0 Å². The zero-order chi connectivity index (χ0) is 19.5. The number of methoxy groups -OCH3 is 1. The summed E-state index contributed by atoms with van der Waals surface area (Å²) in [7, 11) is 1.63. The monoisotopic (exact) mass is 369 g/mol. The van der Waals surface area contributed by atoms with Crippen LogP contribution in [0.15, 0.2) is 78.9 Å². The topological polar surface area (TPSA) is 48.4 Å². The number of aromatic nitrogens is 1. The normalized spacial score (nSPS) is 10.6. The number of hydrogen-bond donors (Lipinski definition) is 0. The molecule has 28 heavy (non-hydrogen) atoms. The predicted molar refractivity (Wildman–Crippen MR) is 110 cm³/mol. The molecule has 1 heterocycles. The van der Waals surface area contributed by atoms with Gasteiger partial charge in [0.2, 0.25) is 0 Å². The molecule has 4 aromatic rings. The fourth-order valence-corrected chi connectivity index (χ4v) is 3.07. The van der Waals surface area contributed by atoms with E-state index in [9.17, 15) is 4.79 Å². The number of carbonyl (C=O) groups excluding carboxylic acids is 1. The minimum absolute atomic E-state index is 0.404. The summed E-state index contributed by atoms with van der Waals surface area (Å²) < 4.78 is 10.8. The van der Waals surface area contributed by atoms with Gasteiger partial charge in [0.1, 0.15) is 11.5 Å². The van der Waals surface area contributed by atoms with Crippen molar-refractivity contribution in [2.75, 3.05) is 7.11 Å². The van der Waals surface area contributed by atoms with Gasteiger partial charge in [-0.05, 0) is 61.5 Å². The predicted octanol–water partition coefficient (Wildman–Crippen LogP) is 5.44. The molecule has 0 unspecified atom stereocenters. The van der Waals surface area contributed by atoms with Crippen LogP contribution in [0, 0.1) is 6.92 Å². The van der Waals surface area contributed by atoms with Gasteiger partial charge in [0, 0.05) is 10.9 Å². The molecule has 0 amide bonds. The number of para-hydroxylation sites is 1. The summed E-state index contributed by atoms with van der Waals surface area (Å²) in [6.07, 6.45) is 0. The minimum atomic E-state index is -0.404. The molecule has 0 aliphatic carbocycles. The summed E-state index contributed by atoms with van der Waals surface area (Å²) in [5.74, 6) is 0.874. The molecule has 0 aliphatic heterocycles. The molecule has 138 valence electrons. The van der Waals surface area contributed by atoms with Gasteiger partial charge in [0.05, 0.1) is 23.9 Å². The fraction of sp³-hybridized carbons (Fsp3) is 0.0833. The van der Waals surface area contributed by atoms with Crippen molar-refractivity contribution in [3.63, 3.8) is 0 Å². The molecule has 4 nitrogen and oxygen atoms in total. The first kappa shape index (κ1) is 17.7. The zero-order valence-electron chi connectivity index (χ0n) is 15.7. The summed E-state index contributed by atoms with van der Waals surface area (Å²) in [5.41, 5.74) is 3.90. The first-order valence-corrected chi connectivity index (χ1v) is 8.97. The van der Waals surface area contributed by atoms with Gasteiger partial charge >= 0.3 is 5.97 Å². The Kier molecular flexibility index (Phi) is 4.77. The molecule has 0 saturated carbocycles. The van der Waals surface area contributed by atoms with Crippen LogP contribution in [0.25, 0.3) is 22.2 Å². The van der Waals surface area contributed by atoms with Gasteiger partial charge in [0.25, 0.3) is 0 Å². The van der Waals surface area contributed by atoms with E-state index in [0.29, 0.717) is 17.0 Å². The van der Waals surface area contributed by atoms with Crippen LogP contribution in [0.1, 0.15) is 15.9 Å². The molecule has 0 radical (unpaired) electrons. The number of fused-ring (bicyclic) bond motifs is 1. The minimum Gasteiger partial charge on any atom is -0.497 e. The maximum absolute atomic E-state index is 13.0. The van der Waals surface area contributed by atoms with E-state index >= 15 is 0 Å². The number of pyridine rings is 1. The molecule has 0 spiro atoms. The van der Waals surface area contributed by atoms with Gasteiger partial charge in [-0.15, -0.1) is 0 Å². The van der Waals surface area contributed by atoms with E-state index in [-0.39, 0.29) is 0 Å². The van der Waals surface area contributed by atoms with Crippen LogP contribution in [-0.4, -0.2) is 18.1 Å². The largest absolute Gasteiger partial charge is 0.497 e. The lowest BCUT2D eigenvalue weighted by atomic mass is 10.0. The Bertz CT molecular complexity index is 1140. The molecular formula is C24H19NO3. The van der Waals surface area contributed by atoms with Crippen molar-refractivity contribution in [3.05, 3.63) is 90.0 Å². The molecule has 0 saturated heterocycles. The van der Waals surface area contributed by atoms with Crippen LogP contribution < -0.4 is 9.47 Å². The summed E-state index contributed by atoms with van der Waals surface area (Å²) in [6.45, 7) is 1.99. The number of benzene rings is 3. The molecule has 4 rings (SSSR count). The molecule has 1 aromatic heterocycles. The van der Waals surface area contributed by atoms with Gasteiger partial charge in [-0.1, -0.05) is 29.8 Å². The highest BCUT2D eigenvalue weighted by molar-refractivity contribution is 6.05.